The predicted molar refractivity (Wildman–Crippen MR) is 101 cm³/mol. The maximum atomic E-state index is 13.3. The fraction of sp³-hybridized carbons (Fsp3) is 0.211. The first-order valence-corrected chi connectivity index (χ1v) is 9.34. The number of carbonyl (C=O) groups excluding carboxylic acids is 1. The molecule has 0 aliphatic carbocycles. The number of benzene rings is 1. The first-order chi connectivity index (χ1) is 13.1. The van der Waals surface area contributed by atoms with Crippen molar-refractivity contribution in [3.8, 4) is 22.5 Å². The lowest BCUT2D eigenvalue weighted by atomic mass is 10.1. The second kappa shape index (κ2) is 7.40. The Labute approximate surface area is 159 Å². The maximum Gasteiger partial charge on any atom is 0.407 e. The summed E-state index contributed by atoms with van der Waals surface area (Å²) in [7, 11) is 0. The number of carbonyl (C=O) groups is 1. The van der Waals surface area contributed by atoms with Gasteiger partial charge in [0, 0.05) is 28.8 Å². The minimum absolute atomic E-state index is 0.0638. The van der Waals surface area contributed by atoms with E-state index in [0.29, 0.717) is 6.61 Å². The molecule has 138 valence electrons. The number of pyridine rings is 1. The molecule has 1 aromatic carbocycles. The third-order valence-corrected chi connectivity index (χ3v) is 5.45. The van der Waals surface area contributed by atoms with Gasteiger partial charge in [-0.1, -0.05) is 18.7 Å². The molecule has 0 saturated carbocycles. The van der Waals surface area contributed by atoms with Crippen LogP contribution in [-0.2, 0) is 4.74 Å². The number of amides is 1. The molecule has 2 atom stereocenters. The molecule has 0 bridgehead atoms. The van der Waals surface area contributed by atoms with E-state index in [1.807, 2.05) is 19.1 Å². The van der Waals surface area contributed by atoms with Crippen molar-refractivity contribution in [1.29, 1.82) is 0 Å². The van der Waals surface area contributed by atoms with E-state index in [4.69, 9.17) is 9.72 Å². The lowest BCUT2D eigenvalue weighted by Crippen LogP contribution is -2.34. The first-order valence-electron chi connectivity index (χ1n) is 8.46. The molecule has 8 heteroatoms. The van der Waals surface area contributed by atoms with Crippen molar-refractivity contribution in [3.05, 3.63) is 54.6 Å². The number of rotatable bonds is 5. The Morgan fingerprint density at radius 2 is 1.93 bits per heavy atom. The summed E-state index contributed by atoms with van der Waals surface area (Å²) in [6.45, 7) is 2.35. The number of hydrogen-bond acceptors (Lipinski definition) is 5. The Balaban J connectivity index is 1.67. The van der Waals surface area contributed by atoms with Crippen LogP contribution < -0.4 is 5.32 Å². The number of nitrogens with zero attached hydrogens (tertiary/aromatic N) is 2. The number of ether oxygens (including phenoxy) is 1. The molecule has 2 N–H and O–H groups in total. The van der Waals surface area contributed by atoms with Crippen LogP contribution in [0.3, 0.4) is 0 Å². The van der Waals surface area contributed by atoms with E-state index < -0.39 is 6.09 Å². The fourth-order valence-electron chi connectivity index (χ4n) is 2.86. The number of aromatic nitrogens is 3. The molecule has 3 aromatic rings. The number of nitrogens with one attached hydrogen (secondary N) is 2. The van der Waals surface area contributed by atoms with Gasteiger partial charge in [-0.2, -0.15) is 0 Å². The van der Waals surface area contributed by atoms with E-state index in [0.717, 1.165) is 27.7 Å². The van der Waals surface area contributed by atoms with E-state index in [1.54, 1.807) is 24.5 Å². The van der Waals surface area contributed by atoms with Crippen molar-refractivity contribution in [3.63, 3.8) is 0 Å². The van der Waals surface area contributed by atoms with Crippen molar-refractivity contribution in [1.82, 2.24) is 20.3 Å². The highest BCUT2D eigenvalue weighted by atomic mass is 32.2. The molecule has 3 heterocycles. The molecule has 1 fully saturated rings. The normalized spacial score (nSPS) is 17.4. The quantitative estimate of drug-likeness (QED) is 0.653. The summed E-state index contributed by atoms with van der Waals surface area (Å²) >= 11 is 1.52. The third-order valence-electron chi connectivity index (χ3n) is 4.33. The van der Waals surface area contributed by atoms with E-state index in [2.05, 4.69) is 15.3 Å². The van der Waals surface area contributed by atoms with Gasteiger partial charge in [-0.15, -0.1) is 0 Å². The molecule has 2 aromatic heterocycles. The Morgan fingerprint density at radius 1 is 1.19 bits per heavy atom. The molecule has 4 rings (SSSR count). The van der Waals surface area contributed by atoms with Crippen molar-refractivity contribution in [2.45, 2.75) is 23.4 Å². The molecule has 0 radical (unpaired) electrons. The predicted octanol–water partition coefficient (Wildman–Crippen LogP) is 3.87. The minimum atomic E-state index is -0.392. The van der Waals surface area contributed by atoms with Crippen LogP contribution in [-0.4, -0.2) is 38.9 Å². The van der Waals surface area contributed by atoms with Crippen LogP contribution in [0.25, 0.3) is 22.5 Å². The van der Waals surface area contributed by atoms with Crippen LogP contribution in [0.2, 0.25) is 0 Å². The van der Waals surface area contributed by atoms with Gasteiger partial charge in [0.2, 0.25) is 0 Å². The van der Waals surface area contributed by atoms with Gasteiger partial charge in [0.1, 0.15) is 12.4 Å². The lowest BCUT2D eigenvalue weighted by Gasteiger charge is -2.14. The van der Waals surface area contributed by atoms with Crippen LogP contribution in [0.1, 0.15) is 6.92 Å². The topological polar surface area (TPSA) is 79.9 Å². The van der Waals surface area contributed by atoms with Gasteiger partial charge < -0.3 is 15.0 Å². The zero-order valence-corrected chi connectivity index (χ0v) is 15.3. The third kappa shape index (κ3) is 3.80. The zero-order valence-electron chi connectivity index (χ0n) is 14.5. The molecule has 1 amide bonds. The molecule has 1 aliphatic rings. The van der Waals surface area contributed by atoms with E-state index in [-0.39, 0.29) is 17.1 Å². The second-order valence-corrected chi connectivity index (χ2v) is 7.55. The minimum Gasteiger partial charge on any atom is -0.447 e. The highest BCUT2D eigenvalue weighted by Gasteiger charge is 2.29. The molecule has 27 heavy (non-hydrogen) atoms. The van der Waals surface area contributed by atoms with Gasteiger partial charge in [0.15, 0.2) is 5.16 Å². The molecule has 6 nitrogen and oxygen atoms in total. The molecular weight excluding hydrogens is 367 g/mol. The number of alkyl carbamates (subject to hydrolysis) is 1. The number of H-pyrrole nitrogens is 1. The van der Waals surface area contributed by atoms with E-state index >= 15 is 0 Å². The molecular formula is C19H17FN4O2S. The van der Waals surface area contributed by atoms with Crippen molar-refractivity contribution < 1.29 is 13.9 Å². The van der Waals surface area contributed by atoms with Gasteiger partial charge >= 0.3 is 6.09 Å². The summed E-state index contributed by atoms with van der Waals surface area (Å²) < 4.78 is 18.3. The van der Waals surface area contributed by atoms with Gasteiger partial charge in [-0.25, -0.2) is 14.2 Å². The lowest BCUT2D eigenvalue weighted by molar-refractivity contribution is 0.177. The first kappa shape index (κ1) is 17.5. The summed E-state index contributed by atoms with van der Waals surface area (Å²) in [5.74, 6) is -0.292. The Bertz CT molecular complexity index is 946. The number of thioether (sulfide) groups is 1. The highest BCUT2D eigenvalue weighted by molar-refractivity contribution is 7.99. The van der Waals surface area contributed by atoms with Gasteiger partial charge in [0.05, 0.1) is 17.4 Å². The molecule has 2 unspecified atom stereocenters. The standard InChI is InChI=1S/C19H17FN4O2S/c1-11(15-10-26-19(25)22-15)27-18-23-16(12-2-4-14(20)5-3-12)17(24-18)13-6-8-21-9-7-13/h2-9,11,15H,10H2,1H3,(H,22,25)(H,23,24). The van der Waals surface area contributed by atoms with Crippen molar-refractivity contribution in [2.24, 2.45) is 0 Å². The number of hydrogen-bond donors (Lipinski definition) is 2. The Hall–Kier alpha value is -2.87. The fourth-order valence-corrected chi connectivity index (χ4v) is 3.83. The van der Waals surface area contributed by atoms with Crippen molar-refractivity contribution in [2.75, 3.05) is 6.61 Å². The Morgan fingerprint density at radius 3 is 2.59 bits per heavy atom. The summed E-state index contributed by atoms with van der Waals surface area (Å²) in [6.07, 6.45) is 3.04. The van der Waals surface area contributed by atoms with Gasteiger partial charge in [0.25, 0.3) is 0 Å². The van der Waals surface area contributed by atoms with Crippen LogP contribution >= 0.6 is 11.8 Å². The molecule has 0 spiro atoms. The number of cyclic esters (lactones) is 1. The average molecular weight is 384 g/mol. The molecule has 1 aliphatic heterocycles. The summed E-state index contributed by atoms with van der Waals surface area (Å²) in [5, 5.41) is 3.57. The highest BCUT2D eigenvalue weighted by Crippen LogP contribution is 2.34. The smallest absolute Gasteiger partial charge is 0.407 e. The summed E-state index contributed by atoms with van der Waals surface area (Å²) in [4.78, 5) is 23.4. The number of aromatic amines is 1. The van der Waals surface area contributed by atoms with E-state index in [1.165, 1.54) is 23.9 Å². The van der Waals surface area contributed by atoms with Crippen LogP contribution in [0, 0.1) is 5.82 Å². The maximum absolute atomic E-state index is 13.3. The van der Waals surface area contributed by atoms with Crippen LogP contribution in [0.15, 0.2) is 53.9 Å². The number of halogens is 1. The zero-order chi connectivity index (χ0) is 18.8. The monoisotopic (exact) mass is 384 g/mol. The van der Waals surface area contributed by atoms with Gasteiger partial charge in [-0.3, -0.25) is 4.98 Å². The van der Waals surface area contributed by atoms with Crippen molar-refractivity contribution >= 4 is 17.9 Å². The summed E-state index contributed by atoms with van der Waals surface area (Å²) in [6, 6.07) is 9.96. The molecule has 1 saturated heterocycles. The SMILES string of the molecule is CC(Sc1nc(-c2ccc(F)cc2)c(-c2ccncc2)[nH]1)C1COC(=O)N1. The van der Waals surface area contributed by atoms with Crippen LogP contribution in [0.4, 0.5) is 9.18 Å². The Kier molecular flexibility index (Phi) is 4.81. The van der Waals surface area contributed by atoms with Crippen LogP contribution in [0.5, 0.6) is 0 Å². The second-order valence-electron chi connectivity index (χ2n) is 6.18. The largest absolute Gasteiger partial charge is 0.447 e. The number of imidazole rings is 1. The van der Waals surface area contributed by atoms with E-state index in [9.17, 15) is 9.18 Å². The average Bonchev–Trinajstić information content (AvgIpc) is 3.30. The van der Waals surface area contributed by atoms with Gasteiger partial charge in [-0.05, 0) is 36.4 Å². The summed E-state index contributed by atoms with van der Waals surface area (Å²) in [5.41, 5.74) is 3.33.